The van der Waals surface area contributed by atoms with Crippen LogP contribution < -0.4 is 21.7 Å². The Morgan fingerprint density at radius 1 is 0.447 bits per heavy atom. The van der Waals surface area contributed by atoms with Gasteiger partial charge >= 0.3 is 23.9 Å². The van der Waals surface area contributed by atoms with Gasteiger partial charge in [0.25, 0.3) is 17.7 Å². The zero-order valence-electron chi connectivity index (χ0n) is 76.0. The van der Waals surface area contributed by atoms with E-state index in [-0.39, 0.29) is 141 Å². The lowest BCUT2D eigenvalue weighted by molar-refractivity contribution is -0.157. The minimum Gasteiger partial charge on any atom is -0.508 e. The summed E-state index contributed by atoms with van der Waals surface area (Å²) in [7, 11) is 4.60. The average molecular weight is 1710 g/mol. The number of nitrogen functional groups attached to an aromatic ring is 1. The number of allylic oxidation sites excluding steroid dienone is 7. The summed E-state index contributed by atoms with van der Waals surface area (Å²) in [6.07, 6.45) is 20.2. The molecular weight excluding hydrogens is 1580 g/mol. The van der Waals surface area contributed by atoms with Crippen molar-refractivity contribution >= 4 is 70.1 Å². The van der Waals surface area contributed by atoms with Crippen molar-refractivity contribution < 1.29 is 112 Å². The zero-order chi connectivity index (χ0) is 92.9. The van der Waals surface area contributed by atoms with E-state index in [4.69, 9.17) is 38.9 Å². The topological polar surface area (TPSA) is 425 Å². The molecule has 678 valence electrons. The Morgan fingerprint density at radius 2 is 0.756 bits per heavy atom. The molecule has 6 rings (SSSR count). The number of hydrogen-bond donors (Lipinski definition) is 12. The van der Waals surface area contributed by atoms with Gasteiger partial charge in [0.2, 0.25) is 0 Å². The number of ketones is 1. The lowest BCUT2D eigenvalue weighted by Gasteiger charge is -2.32. The summed E-state index contributed by atoms with van der Waals surface area (Å²) in [6, 6.07) is 3.82. The van der Waals surface area contributed by atoms with Gasteiger partial charge in [-0.1, -0.05) is 141 Å². The van der Waals surface area contributed by atoms with Gasteiger partial charge in [-0.15, -0.1) is 6.58 Å². The van der Waals surface area contributed by atoms with Crippen molar-refractivity contribution in [3.05, 3.63) is 165 Å². The number of phenolic OH excluding ortho intramolecular Hbond substituents is 6. The van der Waals surface area contributed by atoms with Crippen LogP contribution in [-0.2, 0) is 104 Å². The smallest absolute Gasteiger partial charge is 0.303 e. The van der Waals surface area contributed by atoms with E-state index in [1.807, 2.05) is 120 Å². The molecule has 0 radical (unpaired) electrons. The van der Waals surface area contributed by atoms with Crippen molar-refractivity contribution in [1.29, 1.82) is 0 Å². The first-order valence-corrected chi connectivity index (χ1v) is 41.9. The van der Waals surface area contributed by atoms with Crippen LogP contribution >= 0.6 is 0 Å². The number of esters is 4. The summed E-state index contributed by atoms with van der Waals surface area (Å²) in [5, 5.41) is 96.2. The summed E-state index contributed by atoms with van der Waals surface area (Å²) in [5.74, 6) is -6.47. The zero-order valence-corrected chi connectivity index (χ0v) is 76.0. The number of carbonyl (C=O) groups excluding carboxylic acids is 8. The van der Waals surface area contributed by atoms with Gasteiger partial charge in [0, 0.05) is 154 Å². The number of fused-ring (bicyclic) bond motifs is 6. The van der Waals surface area contributed by atoms with Crippen LogP contribution in [0.2, 0.25) is 0 Å². The van der Waals surface area contributed by atoms with Crippen LogP contribution in [0.5, 0.6) is 34.5 Å². The second kappa shape index (κ2) is 49.6. The summed E-state index contributed by atoms with van der Waals surface area (Å²) >= 11 is 0. The molecule has 0 fully saturated rings. The Morgan fingerprint density at radius 3 is 1.09 bits per heavy atom. The number of nitrogens with one attached hydrogen (secondary N) is 3. The Bertz CT molecular complexity index is 4500. The standard InChI is InChI=1S/C33H47NO7.C32H45NO8.C31H44N2O8/c1-9-10-14-25-26-15-19(2)16-29(40-8)30(37)22(5)17-23(6)32(41-24(7)35)20(3)12-11-13-21(4)33(39)34-27(31(26)38)18-28(25)36;1-17-12-25-24(15-22(6)34)27(36)16-26(30(25)38)33-32(39)19(3)11-9-10-18(2)31(41-23(7)35)21(5)14-20(4)29(37)28(13-17)40-8;1-16-12-23-27(32)25(36)15-24(28(23)37)33-31(38)18(3)11-9-10-17(2)29(40-21(6)34)19(4)14-20(5)30(41-22(7)35)26(13-16)39-8/h9,11-13,17-20,22,29-30,32,36-38H,1,10,14-16H2,2-8H3,(H,34,39);9-11,14,16-18,20,28-29,31,36-38H,12-13,15H2,1-8H3,(H,33,39);9-11,14-17,20,26,29-30,36-37H,12-13,32H2,1-8H3,(H,33,38)/b12-11-,21-13+,23-17+;10-9-,19-11+,21-14+;10-9-,18-11+,19-14+/t19-,20+,22+,29+,30-,32-;17-,18+,20+,28+,29-,31-;16-,17+,20+,26+,29-,30-/m111/s1. The highest BCUT2D eigenvalue weighted by molar-refractivity contribution is 6.06. The predicted molar refractivity (Wildman–Crippen MR) is 477 cm³/mol. The number of aliphatic hydroxyl groups is 2. The van der Waals surface area contributed by atoms with Crippen LogP contribution in [0.1, 0.15) is 192 Å². The van der Waals surface area contributed by atoms with E-state index >= 15 is 0 Å². The van der Waals surface area contributed by atoms with E-state index in [0.29, 0.717) is 77.5 Å². The fraction of sp³-hybridized carbons (Fsp3) is 0.521. The maximum atomic E-state index is 13.0. The minimum atomic E-state index is -0.891. The van der Waals surface area contributed by atoms with Gasteiger partial charge in [0.15, 0.2) is 0 Å². The average Bonchev–Trinajstić information content (AvgIpc) is 1.04. The Hall–Kier alpha value is -10.6. The van der Waals surface area contributed by atoms with E-state index < -0.39 is 96.5 Å². The van der Waals surface area contributed by atoms with Crippen molar-refractivity contribution in [2.75, 3.05) is 43.0 Å². The van der Waals surface area contributed by atoms with Crippen molar-refractivity contribution in [3.63, 3.8) is 0 Å². The number of amides is 3. The number of ether oxygens (including phenoxy) is 7. The van der Waals surface area contributed by atoms with Crippen molar-refractivity contribution in [2.45, 2.75) is 251 Å². The fourth-order valence-electron chi connectivity index (χ4n) is 15.6. The molecule has 13 N–H and O–H groups in total. The van der Waals surface area contributed by atoms with Gasteiger partial charge in [-0.25, -0.2) is 0 Å². The third-order valence-electron chi connectivity index (χ3n) is 22.3. The number of phenols is 6. The molecule has 27 nitrogen and oxygen atoms in total. The molecule has 3 aliphatic heterocycles. The van der Waals surface area contributed by atoms with E-state index in [0.717, 1.165) is 16.7 Å². The normalized spacial score (nSPS) is 29.8. The SMILES string of the molecule is C=CCCc1c(O)cc2c(O)c1C[C@@H](C)C[C@H](OC)[C@H](O)[C@@H](C)/C=C(\C)[C@H](OC(C)=O)[C@@H](C)/C=C\C=C(/C)C(=O)N2.CO[C@H]1C[C@H](C)Cc2c(N)c(O)cc(c2O)NC(=O)/C(C)=C/C=C\[C@H](C)[C@@H](OC(C)=O)/C(C)=C/[C@H](C)[C@H]1OC(C)=O.CO[C@H]1C[C@H](C)Cc2c(O)c(cc(O)c2CC(C)=O)NC(=O)/C(C)=C/C=C\[C@H](C)[C@@H](OC(C)=O)/C(C)=C/[C@H](C)[C@H]1O. The number of rotatable bonds is 12. The van der Waals surface area contributed by atoms with Crippen LogP contribution in [0, 0.1) is 53.3 Å². The number of aliphatic hydroxyl groups excluding tert-OH is 2. The van der Waals surface area contributed by atoms with Gasteiger partial charge in [-0.05, 0) is 134 Å². The first-order chi connectivity index (χ1) is 57.6. The molecule has 3 aromatic carbocycles. The third-order valence-corrected chi connectivity index (χ3v) is 22.3. The molecule has 0 unspecified atom stereocenters. The molecular formula is C96H136N4O23. The summed E-state index contributed by atoms with van der Waals surface area (Å²) < 4.78 is 39.8. The molecule has 3 aromatic rings. The number of anilines is 4. The number of carbonyl (C=O) groups is 8. The molecule has 0 saturated heterocycles. The van der Waals surface area contributed by atoms with Crippen LogP contribution in [0.3, 0.4) is 0 Å². The molecule has 27 heteroatoms. The van der Waals surface area contributed by atoms with Gasteiger partial charge < -0.3 is 95.7 Å². The maximum absolute atomic E-state index is 13.0. The Labute approximate surface area is 726 Å². The molecule has 3 aliphatic rings. The second-order valence-corrected chi connectivity index (χ2v) is 33.4. The van der Waals surface area contributed by atoms with Crippen LogP contribution in [0.25, 0.3) is 0 Å². The van der Waals surface area contributed by atoms with E-state index in [9.17, 15) is 79.2 Å². The quantitative estimate of drug-likeness (QED) is 0.0200. The Kier molecular flexibility index (Phi) is 42.3. The molecule has 0 aromatic heterocycles. The summed E-state index contributed by atoms with van der Waals surface area (Å²) in [4.78, 5) is 98.7. The first-order valence-electron chi connectivity index (χ1n) is 41.9. The van der Waals surface area contributed by atoms with Gasteiger partial charge in [0.1, 0.15) is 64.7 Å². The highest BCUT2D eigenvalue weighted by Gasteiger charge is 2.36. The van der Waals surface area contributed by atoms with E-state index in [1.165, 1.54) is 67.0 Å². The number of methoxy groups -OCH3 is 3. The highest BCUT2D eigenvalue weighted by atomic mass is 16.6. The van der Waals surface area contributed by atoms with Gasteiger partial charge in [-0.3, -0.25) is 38.4 Å². The highest BCUT2D eigenvalue weighted by Crippen LogP contribution is 2.44. The lowest BCUT2D eigenvalue weighted by atomic mass is 9.86. The van der Waals surface area contributed by atoms with Crippen LogP contribution in [0.4, 0.5) is 22.7 Å². The number of hydrogen-bond acceptors (Lipinski definition) is 24. The molecule has 18 atom stereocenters. The van der Waals surface area contributed by atoms with Crippen molar-refractivity contribution in [2.24, 2.45) is 53.3 Å². The van der Waals surface area contributed by atoms with Crippen LogP contribution in [-0.4, -0.2) is 164 Å². The second-order valence-electron chi connectivity index (χ2n) is 33.4. The molecule has 123 heavy (non-hydrogen) atoms. The molecule has 0 saturated carbocycles. The molecule has 3 amide bonds. The number of nitrogens with two attached hydrogens (primary N) is 1. The molecule has 3 heterocycles. The van der Waals surface area contributed by atoms with Crippen molar-refractivity contribution in [3.8, 4) is 34.5 Å². The predicted octanol–water partition coefficient (Wildman–Crippen LogP) is 15.3. The lowest BCUT2D eigenvalue weighted by Crippen LogP contribution is -2.38. The van der Waals surface area contributed by atoms with Gasteiger partial charge in [0.05, 0.1) is 53.3 Å². The summed E-state index contributed by atoms with van der Waals surface area (Å²) in [6.45, 7) is 38.1. The first kappa shape index (κ1) is 105. The molecule has 6 bridgehead atoms. The van der Waals surface area contributed by atoms with E-state index in [2.05, 4.69) is 22.5 Å². The Balaban J connectivity index is 0.000000387. The molecule has 0 aliphatic carbocycles. The molecule has 0 spiro atoms. The fourth-order valence-corrected chi connectivity index (χ4v) is 15.6. The minimum absolute atomic E-state index is 0.0105. The largest absolute Gasteiger partial charge is 0.508 e. The third kappa shape index (κ3) is 31.6. The number of Topliss-reactive ketones (excluding diaryl/α,β-unsaturated/α-hetero) is 1. The van der Waals surface area contributed by atoms with E-state index in [1.54, 1.807) is 70.4 Å². The number of benzene rings is 3. The van der Waals surface area contributed by atoms with Gasteiger partial charge in [-0.2, -0.15) is 0 Å². The maximum Gasteiger partial charge on any atom is 0.303 e. The number of aromatic hydroxyl groups is 6. The van der Waals surface area contributed by atoms with Crippen LogP contribution in [0.15, 0.2) is 137 Å². The monoisotopic (exact) mass is 1710 g/mol. The summed E-state index contributed by atoms with van der Waals surface area (Å²) in [5.41, 5.74) is 11.8. The van der Waals surface area contributed by atoms with Crippen molar-refractivity contribution in [1.82, 2.24) is 0 Å².